The molecule has 1 rings (SSSR count). The molecule has 0 aliphatic carbocycles. The first-order chi connectivity index (χ1) is 8.06. The number of rotatable bonds is 7. The Bertz CT molecular complexity index is 339. The van der Waals surface area contributed by atoms with Gasteiger partial charge in [-0.05, 0) is 32.7 Å². The van der Waals surface area contributed by atoms with Crippen molar-refractivity contribution in [2.45, 2.75) is 60.5 Å². The highest BCUT2D eigenvalue weighted by Gasteiger charge is 2.10. The van der Waals surface area contributed by atoms with Gasteiger partial charge in [-0.1, -0.05) is 27.2 Å². The minimum absolute atomic E-state index is 0.700. The molecule has 0 bridgehead atoms. The van der Waals surface area contributed by atoms with Crippen molar-refractivity contribution in [2.24, 2.45) is 5.92 Å². The zero-order valence-electron chi connectivity index (χ0n) is 12.0. The molecule has 1 aromatic rings. The van der Waals surface area contributed by atoms with E-state index in [1.165, 1.54) is 29.8 Å². The number of aromatic nitrogens is 2. The van der Waals surface area contributed by atoms with Crippen LogP contribution in [-0.2, 0) is 13.1 Å². The first-order valence-electron chi connectivity index (χ1n) is 6.79. The first-order valence-corrected chi connectivity index (χ1v) is 6.79. The van der Waals surface area contributed by atoms with Crippen LogP contribution in [0.25, 0.3) is 0 Å². The lowest BCUT2D eigenvalue weighted by Crippen LogP contribution is -2.19. The maximum Gasteiger partial charge on any atom is 0.0641 e. The van der Waals surface area contributed by atoms with Gasteiger partial charge in [0.25, 0.3) is 0 Å². The molecule has 0 atom stereocenters. The Morgan fingerprint density at radius 1 is 1.29 bits per heavy atom. The fraction of sp³-hybridized carbons (Fsp3) is 0.786. The average molecular weight is 237 g/mol. The highest BCUT2D eigenvalue weighted by atomic mass is 15.3. The minimum atomic E-state index is 0.700. The SMILES string of the molecule is CCCCn1nc(C)c(CNCC(C)C)c1C. The van der Waals surface area contributed by atoms with Crippen LogP contribution in [0, 0.1) is 19.8 Å². The molecule has 0 saturated heterocycles. The lowest BCUT2D eigenvalue weighted by molar-refractivity contribution is 0.544. The zero-order valence-corrected chi connectivity index (χ0v) is 12.0. The van der Waals surface area contributed by atoms with E-state index in [0.717, 1.165) is 19.6 Å². The maximum atomic E-state index is 4.62. The van der Waals surface area contributed by atoms with Crippen LogP contribution in [-0.4, -0.2) is 16.3 Å². The largest absolute Gasteiger partial charge is 0.312 e. The fourth-order valence-corrected chi connectivity index (χ4v) is 2.00. The highest BCUT2D eigenvalue weighted by Crippen LogP contribution is 2.13. The van der Waals surface area contributed by atoms with Gasteiger partial charge in [0.05, 0.1) is 5.69 Å². The van der Waals surface area contributed by atoms with E-state index in [4.69, 9.17) is 0 Å². The van der Waals surface area contributed by atoms with Gasteiger partial charge >= 0.3 is 0 Å². The van der Waals surface area contributed by atoms with Gasteiger partial charge in [-0.3, -0.25) is 4.68 Å². The van der Waals surface area contributed by atoms with Crippen molar-refractivity contribution in [1.82, 2.24) is 15.1 Å². The van der Waals surface area contributed by atoms with Gasteiger partial charge in [-0.2, -0.15) is 5.10 Å². The molecule has 1 heterocycles. The number of aryl methyl sites for hydroxylation is 2. The van der Waals surface area contributed by atoms with Crippen LogP contribution in [0.4, 0.5) is 0 Å². The van der Waals surface area contributed by atoms with E-state index in [1.807, 2.05) is 0 Å². The van der Waals surface area contributed by atoms with Crippen molar-refractivity contribution < 1.29 is 0 Å². The lowest BCUT2D eigenvalue weighted by Gasteiger charge is -2.08. The van der Waals surface area contributed by atoms with Gasteiger partial charge in [0, 0.05) is 24.3 Å². The van der Waals surface area contributed by atoms with E-state index < -0.39 is 0 Å². The van der Waals surface area contributed by atoms with Crippen LogP contribution < -0.4 is 5.32 Å². The Kier molecular flexibility index (Phi) is 5.69. The number of hydrogen-bond acceptors (Lipinski definition) is 2. The van der Waals surface area contributed by atoms with Crippen molar-refractivity contribution in [1.29, 1.82) is 0 Å². The monoisotopic (exact) mass is 237 g/mol. The molecule has 3 heteroatoms. The van der Waals surface area contributed by atoms with Crippen molar-refractivity contribution >= 4 is 0 Å². The van der Waals surface area contributed by atoms with Crippen molar-refractivity contribution in [3.63, 3.8) is 0 Å². The zero-order chi connectivity index (χ0) is 12.8. The predicted octanol–water partition coefficient (Wildman–Crippen LogP) is 3.05. The third-order valence-electron chi connectivity index (χ3n) is 3.11. The van der Waals surface area contributed by atoms with Crippen LogP contribution in [0.3, 0.4) is 0 Å². The molecule has 0 aromatic carbocycles. The molecule has 98 valence electrons. The normalized spacial score (nSPS) is 11.4. The molecule has 17 heavy (non-hydrogen) atoms. The maximum absolute atomic E-state index is 4.62. The molecular weight excluding hydrogens is 210 g/mol. The number of unbranched alkanes of at least 4 members (excludes halogenated alkanes) is 1. The smallest absolute Gasteiger partial charge is 0.0641 e. The molecule has 0 fully saturated rings. The summed E-state index contributed by atoms with van der Waals surface area (Å²) in [5.74, 6) is 0.700. The van der Waals surface area contributed by atoms with Gasteiger partial charge in [-0.25, -0.2) is 0 Å². The summed E-state index contributed by atoms with van der Waals surface area (Å²) in [6.45, 7) is 14.0. The van der Waals surface area contributed by atoms with Gasteiger partial charge in [0.2, 0.25) is 0 Å². The van der Waals surface area contributed by atoms with Crippen LogP contribution in [0.15, 0.2) is 0 Å². The van der Waals surface area contributed by atoms with Crippen LogP contribution in [0.5, 0.6) is 0 Å². The van der Waals surface area contributed by atoms with E-state index in [9.17, 15) is 0 Å². The molecule has 0 saturated carbocycles. The standard InChI is InChI=1S/C14H27N3/c1-6-7-8-17-13(5)14(12(4)16-17)10-15-9-11(2)3/h11,15H,6-10H2,1-5H3. The summed E-state index contributed by atoms with van der Waals surface area (Å²) >= 11 is 0. The van der Waals surface area contributed by atoms with E-state index in [-0.39, 0.29) is 0 Å². The predicted molar refractivity (Wildman–Crippen MR) is 73.2 cm³/mol. The summed E-state index contributed by atoms with van der Waals surface area (Å²) in [4.78, 5) is 0. The second-order valence-corrected chi connectivity index (χ2v) is 5.25. The molecule has 1 N–H and O–H groups in total. The summed E-state index contributed by atoms with van der Waals surface area (Å²) in [6.07, 6.45) is 2.43. The van der Waals surface area contributed by atoms with Crippen LogP contribution in [0.2, 0.25) is 0 Å². The topological polar surface area (TPSA) is 29.9 Å². The van der Waals surface area contributed by atoms with E-state index in [2.05, 4.69) is 49.7 Å². The highest BCUT2D eigenvalue weighted by molar-refractivity contribution is 5.24. The first kappa shape index (κ1) is 14.2. The van der Waals surface area contributed by atoms with Gasteiger partial charge in [0.1, 0.15) is 0 Å². The Balaban J connectivity index is 2.62. The molecule has 0 radical (unpaired) electrons. The number of nitrogens with zero attached hydrogens (tertiary/aromatic N) is 2. The molecule has 0 aliphatic heterocycles. The van der Waals surface area contributed by atoms with E-state index in [1.54, 1.807) is 0 Å². The molecule has 0 spiro atoms. The van der Waals surface area contributed by atoms with Crippen LogP contribution in [0.1, 0.15) is 50.6 Å². The van der Waals surface area contributed by atoms with Crippen LogP contribution >= 0.6 is 0 Å². The fourth-order valence-electron chi connectivity index (χ4n) is 2.00. The molecule has 3 nitrogen and oxygen atoms in total. The van der Waals surface area contributed by atoms with Gasteiger partial charge < -0.3 is 5.32 Å². The van der Waals surface area contributed by atoms with Crippen molar-refractivity contribution in [3.8, 4) is 0 Å². The van der Waals surface area contributed by atoms with Crippen molar-refractivity contribution in [3.05, 3.63) is 17.0 Å². The Morgan fingerprint density at radius 3 is 2.59 bits per heavy atom. The second kappa shape index (κ2) is 6.80. The van der Waals surface area contributed by atoms with Gasteiger partial charge in [-0.15, -0.1) is 0 Å². The molecule has 0 amide bonds. The Hall–Kier alpha value is -0.830. The number of hydrogen-bond donors (Lipinski definition) is 1. The van der Waals surface area contributed by atoms with E-state index in [0.29, 0.717) is 5.92 Å². The number of nitrogens with one attached hydrogen (secondary N) is 1. The van der Waals surface area contributed by atoms with Crippen molar-refractivity contribution in [2.75, 3.05) is 6.54 Å². The van der Waals surface area contributed by atoms with Gasteiger partial charge in [0.15, 0.2) is 0 Å². The summed E-state index contributed by atoms with van der Waals surface area (Å²) < 4.78 is 2.16. The Labute approximate surface area is 106 Å². The Morgan fingerprint density at radius 2 is 2.00 bits per heavy atom. The molecule has 0 aliphatic rings. The summed E-state index contributed by atoms with van der Waals surface area (Å²) in [5, 5.41) is 8.12. The quantitative estimate of drug-likeness (QED) is 0.790. The third-order valence-corrected chi connectivity index (χ3v) is 3.11. The average Bonchev–Trinajstić information content (AvgIpc) is 2.53. The molecular formula is C14H27N3. The minimum Gasteiger partial charge on any atom is -0.312 e. The van der Waals surface area contributed by atoms with E-state index >= 15 is 0 Å². The summed E-state index contributed by atoms with van der Waals surface area (Å²) in [7, 11) is 0. The third kappa shape index (κ3) is 4.15. The molecule has 1 aromatic heterocycles. The summed E-state index contributed by atoms with van der Waals surface area (Å²) in [5.41, 5.74) is 3.88. The lowest BCUT2D eigenvalue weighted by atomic mass is 10.1. The molecule has 0 unspecified atom stereocenters. The summed E-state index contributed by atoms with van der Waals surface area (Å²) in [6, 6.07) is 0. The second-order valence-electron chi connectivity index (χ2n) is 5.25.